The van der Waals surface area contributed by atoms with Gasteiger partial charge in [-0.15, -0.1) is 0 Å². The van der Waals surface area contributed by atoms with Crippen molar-refractivity contribution in [3.63, 3.8) is 0 Å². The molecule has 4 aromatic carbocycles. The van der Waals surface area contributed by atoms with Crippen LogP contribution in [-0.4, -0.2) is 175 Å². The summed E-state index contributed by atoms with van der Waals surface area (Å²) in [5, 5.41) is 162. The van der Waals surface area contributed by atoms with Crippen molar-refractivity contribution >= 4 is 21.9 Å². The molecule has 3 fully saturated rings. The third-order valence-corrected chi connectivity index (χ3v) is 12.4. The van der Waals surface area contributed by atoms with E-state index in [0.29, 0.717) is 11.1 Å². The molecule has 0 spiro atoms. The zero-order valence-electron chi connectivity index (χ0n) is 36.6. The monoisotopic (exact) mass is 996 g/mol. The zero-order chi connectivity index (χ0) is 51.3. The van der Waals surface area contributed by atoms with E-state index in [1.165, 1.54) is 48.5 Å². The van der Waals surface area contributed by atoms with E-state index in [-0.39, 0.29) is 56.1 Å². The standard InChI is InChI=1S/C26H28O14.C21H20O10/c27-7-15-19(33)21(35)25(40-26-22(36)20(34)16(8-28)39-26)24(38-15)18-12(31)5-11(30)17-13(32)6-14(37-23(17)18)9-1-3-10(29)4-2-9;22-7-14-17(27)18(28)19(29)21(31-14)16-11(25)5-10(24)15-12(26)6-13(30-20(15)16)8-1-3-9(23)4-2-8/h1-6,15-16,19-22,24-31,33-36H,7-8H2;1-6,14,17-19,21-25,27-29H,7H2. The molecule has 0 saturated carbocycles. The van der Waals surface area contributed by atoms with Crippen molar-refractivity contribution in [2.75, 3.05) is 19.8 Å². The number of aromatic hydroxyl groups is 6. The summed E-state index contributed by atoms with van der Waals surface area (Å²) in [5.74, 6) is -2.54. The molecule has 0 amide bonds. The molecule has 0 aliphatic carbocycles. The van der Waals surface area contributed by atoms with Crippen LogP contribution in [0.2, 0.25) is 0 Å². The summed E-state index contributed by atoms with van der Waals surface area (Å²) >= 11 is 0. The lowest BCUT2D eigenvalue weighted by atomic mass is 9.89. The maximum Gasteiger partial charge on any atom is 0.197 e. The molecule has 3 saturated heterocycles. The third-order valence-electron chi connectivity index (χ3n) is 12.4. The lowest BCUT2D eigenvalue weighted by molar-refractivity contribution is -0.289. The molecule has 16 N–H and O–H groups in total. The van der Waals surface area contributed by atoms with Crippen LogP contribution in [0.1, 0.15) is 23.3 Å². The molecule has 9 rings (SSSR count). The Hall–Kier alpha value is -6.46. The molecule has 3 aliphatic rings. The van der Waals surface area contributed by atoms with E-state index in [1.54, 1.807) is 0 Å². The number of phenolic OH excluding ortho intramolecular Hbond substituents is 6. The largest absolute Gasteiger partial charge is 0.508 e. The molecular weight excluding hydrogens is 948 g/mol. The summed E-state index contributed by atoms with van der Waals surface area (Å²) in [4.78, 5) is 25.8. The number of fused-ring (bicyclic) bond motifs is 2. The highest BCUT2D eigenvalue weighted by Crippen LogP contribution is 2.47. The van der Waals surface area contributed by atoms with Crippen LogP contribution in [0.15, 0.2) is 91.2 Å². The van der Waals surface area contributed by atoms with E-state index in [0.717, 1.165) is 24.3 Å². The number of hydrogen-bond acceptors (Lipinski definition) is 24. The van der Waals surface area contributed by atoms with Crippen LogP contribution in [0.4, 0.5) is 0 Å². The van der Waals surface area contributed by atoms with Gasteiger partial charge in [-0.25, -0.2) is 0 Å². The Morgan fingerprint density at radius 1 is 0.437 bits per heavy atom. The van der Waals surface area contributed by atoms with Crippen LogP contribution in [0, 0.1) is 0 Å². The average Bonchev–Trinajstić information content (AvgIpc) is 3.61. The smallest absolute Gasteiger partial charge is 0.197 e. The molecule has 14 atom stereocenters. The Balaban J connectivity index is 0.000000197. The summed E-state index contributed by atoms with van der Waals surface area (Å²) in [6, 6.07) is 15.2. The topological polar surface area (TPSA) is 421 Å². The maximum absolute atomic E-state index is 13.1. The van der Waals surface area contributed by atoms with Crippen molar-refractivity contribution in [1.29, 1.82) is 0 Å². The predicted octanol–water partition coefficient (Wildman–Crippen LogP) is -1.35. The Morgan fingerprint density at radius 2 is 0.831 bits per heavy atom. The van der Waals surface area contributed by atoms with Crippen LogP contribution in [-0.2, 0) is 18.9 Å². The van der Waals surface area contributed by atoms with Gasteiger partial charge >= 0.3 is 0 Å². The Labute approximate surface area is 397 Å². The van der Waals surface area contributed by atoms with Gasteiger partial charge in [-0.2, -0.15) is 0 Å². The lowest BCUT2D eigenvalue weighted by Gasteiger charge is -2.43. The van der Waals surface area contributed by atoms with Gasteiger partial charge in [0.15, 0.2) is 28.3 Å². The normalized spacial score (nSPS) is 29.8. The van der Waals surface area contributed by atoms with E-state index in [1.807, 2.05) is 0 Å². The highest BCUT2D eigenvalue weighted by atomic mass is 16.7. The van der Waals surface area contributed by atoms with Crippen LogP contribution in [0.3, 0.4) is 0 Å². The lowest BCUT2D eigenvalue weighted by Crippen LogP contribution is -2.57. The highest BCUT2D eigenvalue weighted by molar-refractivity contribution is 5.90. The fraction of sp³-hybridized carbons (Fsp3) is 0.362. The first-order chi connectivity index (χ1) is 33.8. The quantitative estimate of drug-likeness (QED) is 0.0796. The van der Waals surface area contributed by atoms with Crippen molar-refractivity contribution in [3.05, 3.63) is 104 Å². The van der Waals surface area contributed by atoms with E-state index >= 15 is 0 Å². The van der Waals surface area contributed by atoms with Crippen LogP contribution in [0.25, 0.3) is 44.6 Å². The van der Waals surface area contributed by atoms with Gasteiger partial charge in [0, 0.05) is 35.4 Å². The Bertz CT molecular complexity index is 2990. The van der Waals surface area contributed by atoms with E-state index in [9.17, 15) is 91.3 Å². The number of benzene rings is 4. The van der Waals surface area contributed by atoms with Gasteiger partial charge in [-0.3, -0.25) is 9.59 Å². The van der Waals surface area contributed by atoms with Crippen molar-refractivity contribution in [1.82, 2.24) is 0 Å². The number of aliphatic hydroxyl groups is 10. The first-order valence-electron chi connectivity index (χ1n) is 21.6. The van der Waals surface area contributed by atoms with Gasteiger partial charge in [0.05, 0.1) is 30.9 Å². The van der Waals surface area contributed by atoms with Crippen molar-refractivity contribution in [3.8, 4) is 57.1 Å². The van der Waals surface area contributed by atoms with Crippen LogP contribution >= 0.6 is 0 Å². The number of rotatable bonds is 9. The number of phenols is 6. The molecule has 5 heterocycles. The van der Waals surface area contributed by atoms with Gasteiger partial charge in [-0.05, 0) is 48.5 Å². The molecule has 3 aliphatic heterocycles. The summed E-state index contributed by atoms with van der Waals surface area (Å²) in [5.41, 5.74) is -1.89. The number of aliphatic hydroxyl groups excluding tert-OH is 10. The maximum atomic E-state index is 13.1. The fourth-order valence-corrected chi connectivity index (χ4v) is 8.68. The molecule has 24 nitrogen and oxygen atoms in total. The highest BCUT2D eigenvalue weighted by Gasteiger charge is 2.52. The molecular formula is C47H48O24. The van der Waals surface area contributed by atoms with Crippen LogP contribution in [0.5, 0.6) is 34.5 Å². The molecule has 71 heavy (non-hydrogen) atoms. The van der Waals surface area contributed by atoms with Gasteiger partial charge in [-0.1, -0.05) is 0 Å². The molecule has 0 bridgehead atoms. The summed E-state index contributed by atoms with van der Waals surface area (Å²) in [7, 11) is 0. The van der Waals surface area contributed by atoms with Crippen molar-refractivity contribution < 1.29 is 109 Å². The Kier molecular flexibility index (Phi) is 14.6. The molecule has 6 aromatic rings. The molecule has 14 unspecified atom stereocenters. The zero-order valence-corrected chi connectivity index (χ0v) is 36.6. The third kappa shape index (κ3) is 9.45. The second-order valence-electron chi connectivity index (χ2n) is 16.9. The summed E-state index contributed by atoms with van der Waals surface area (Å²) in [6.07, 6.45) is -22.3. The minimum absolute atomic E-state index is 0.0100. The van der Waals surface area contributed by atoms with Crippen LogP contribution < -0.4 is 10.9 Å². The van der Waals surface area contributed by atoms with Gasteiger partial charge in [0.25, 0.3) is 0 Å². The molecule has 0 radical (unpaired) electrons. The Morgan fingerprint density at radius 3 is 1.27 bits per heavy atom. The minimum Gasteiger partial charge on any atom is -0.508 e. The molecule has 380 valence electrons. The summed E-state index contributed by atoms with van der Waals surface area (Å²) < 4.78 is 34.1. The van der Waals surface area contributed by atoms with Gasteiger partial charge in [0.1, 0.15) is 136 Å². The summed E-state index contributed by atoms with van der Waals surface area (Å²) in [6.45, 7) is -2.15. The predicted molar refractivity (Wildman–Crippen MR) is 238 cm³/mol. The SMILES string of the molecule is O=c1cc(-c2ccc(O)cc2)oc2c(C3OC(CO)C(O)C(O)C3O)c(O)cc(O)c12.O=c1cc(-c2ccc(O)cc2)oc2c(C3OC(CO)C(O)C(O)C3OC3OC(CO)C(O)C3O)c(O)cc(O)c12. The minimum atomic E-state index is -1.84. The number of hydrogen-bond donors (Lipinski definition) is 16. The second-order valence-corrected chi connectivity index (χ2v) is 16.9. The van der Waals surface area contributed by atoms with Crippen molar-refractivity contribution in [2.24, 2.45) is 0 Å². The van der Waals surface area contributed by atoms with E-state index in [4.69, 9.17) is 27.8 Å². The number of ether oxygens (including phenoxy) is 4. The first kappa shape index (κ1) is 50.9. The van der Waals surface area contributed by atoms with Gasteiger partial charge < -0.3 is 109 Å². The average molecular weight is 997 g/mol. The van der Waals surface area contributed by atoms with E-state index in [2.05, 4.69) is 0 Å². The first-order valence-corrected chi connectivity index (χ1v) is 21.6. The van der Waals surface area contributed by atoms with Gasteiger partial charge in [0.2, 0.25) is 0 Å². The molecule has 2 aromatic heterocycles. The molecule has 24 heteroatoms. The fourth-order valence-electron chi connectivity index (χ4n) is 8.68. The van der Waals surface area contributed by atoms with E-state index < -0.39 is 139 Å². The van der Waals surface area contributed by atoms with Crippen molar-refractivity contribution in [2.45, 2.75) is 85.6 Å². The second kappa shape index (κ2) is 20.3.